The number of esters is 1. The first-order valence-corrected chi connectivity index (χ1v) is 11.9. The first kappa shape index (κ1) is 23.5. The molecule has 5 rings (SSSR count). The number of fused-ring (bicyclic) bond motifs is 1. The number of halogens is 1. The maximum Gasteiger partial charge on any atom is 0.337 e. The van der Waals surface area contributed by atoms with Crippen LogP contribution in [0.4, 0.5) is 5.82 Å². The first-order valence-electron chi connectivity index (χ1n) is 11.6. The summed E-state index contributed by atoms with van der Waals surface area (Å²) in [5, 5.41) is 10.5. The van der Waals surface area contributed by atoms with Crippen molar-refractivity contribution in [3.8, 4) is 17.0 Å². The molecule has 0 amide bonds. The van der Waals surface area contributed by atoms with Gasteiger partial charge < -0.3 is 24.5 Å². The van der Waals surface area contributed by atoms with E-state index in [9.17, 15) is 14.7 Å². The van der Waals surface area contributed by atoms with Crippen LogP contribution >= 0.6 is 11.6 Å². The van der Waals surface area contributed by atoms with E-state index in [1.54, 1.807) is 19.2 Å². The van der Waals surface area contributed by atoms with E-state index in [0.717, 1.165) is 31.7 Å². The normalized spacial score (nSPS) is 17.2. The second kappa shape index (κ2) is 8.16. The fourth-order valence-electron chi connectivity index (χ4n) is 5.21. The Labute approximate surface area is 208 Å². The number of H-pyrrole nitrogens is 1. The van der Waals surface area contributed by atoms with Gasteiger partial charge in [-0.3, -0.25) is 4.79 Å². The summed E-state index contributed by atoms with van der Waals surface area (Å²) in [6, 6.07) is 7.28. The highest BCUT2D eigenvalue weighted by Gasteiger charge is 2.55. The molecule has 1 spiro atoms. The summed E-state index contributed by atoms with van der Waals surface area (Å²) in [4.78, 5) is 33.7. The number of nitrogens with zero attached hydrogens (tertiary/aromatic N) is 2. The van der Waals surface area contributed by atoms with Gasteiger partial charge in [0.15, 0.2) is 0 Å². The fraction of sp³-hybridized carbons (Fsp3) is 0.423. The Bertz CT molecular complexity index is 1330. The molecule has 3 aromatic rings. The number of methoxy groups -OCH3 is 1. The van der Waals surface area contributed by atoms with Gasteiger partial charge in [0.25, 0.3) is 0 Å². The molecule has 1 saturated carbocycles. The van der Waals surface area contributed by atoms with E-state index < -0.39 is 11.6 Å². The predicted octanol–water partition coefficient (Wildman–Crippen LogP) is 5.15. The molecular weight excluding hydrogens is 470 g/mol. The average molecular weight is 498 g/mol. The average Bonchev–Trinajstić information content (AvgIpc) is 3.12. The van der Waals surface area contributed by atoms with Crippen LogP contribution in [0.2, 0.25) is 5.02 Å². The van der Waals surface area contributed by atoms with Gasteiger partial charge in [0.05, 0.1) is 23.6 Å². The van der Waals surface area contributed by atoms with Crippen molar-refractivity contribution in [1.29, 1.82) is 0 Å². The molecule has 2 aliphatic rings. The lowest BCUT2D eigenvalue weighted by Crippen LogP contribution is -2.64. The molecule has 184 valence electrons. The van der Waals surface area contributed by atoms with Crippen LogP contribution in [0.15, 0.2) is 30.5 Å². The molecule has 1 aliphatic heterocycles. The van der Waals surface area contributed by atoms with E-state index >= 15 is 0 Å². The number of ether oxygens (including phenoxy) is 2. The molecule has 1 saturated heterocycles. The van der Waals surface area contributed by atoms with E-state index in [4.69, 9.17) is 26.1 Å². The molecule has 2 aromatic heterocycles. The molecule has 1 aromatic carbocycles. The minimum absolute atomic E-state index is 0.0255. The molecule has 0 radical (unpaired) electrons. The van der Waals surface area contributed by atoms with Crippen molar-refractivity contribution in [2.75, 3.05) is 25.1 Å². The van der Waals surface area contributed by atoms with Crippen LogP contribution < -0.4 is 9.64 Å². The summed E-state index contributed by atoms with van der Waals surface area (Å²) in [5.74, 6) is 0.0661. The number of anilines is 1. The van der Waals surface area contributed by atoms with E-state index in [2.05, 4.69) is 9.88 Å². The molecule has 8 nitrogen and oxygen atoms in total. The van der Waals surface area contributed by atoms with Crippen LogP contribution in [0.5, 0.6) is 5.88 Å². The highest BCUT2D eigenvalue weighted by molar-refractivity contribution is 6.34. The molecule has 3 heterocycles. The molecule has 35 heavy (non-hydrogen) atoms. The largest absolute Gasteiger partial charge is 0.480 e. The summed E-state index contributed by atoms with van der Waals surface area (Å²) in [7, 11) is 1.55. The lowest BCUT2D eigenvalue weighted by Gasteiger charge is -2.58. The van der Waals surface area contributed by atoms with E-state index in [1.807, 2.05) is 32.9 Å². The summed E-state index contributed by atoms with van der Waals surface area (Å²) in [5.41, 5.74) is 1.84. The van der Waals surface area contributed by atoms with Crippen LogP contribution in [0.1, 0.15) is 44.0 Å². The highest BCUT2D eigenvalue weighted by atomic mass is 35.5. The Balaban J connectivity index is 1.33. The number of aromatic amines is 1. The lowest BCUT2D eigenvalue weighted by molar-refractivity contribution is -0.169. The standard InChI is InChI=1S/C26H28ClN3O5/c1-25(2,3)35-24(33)14-9-26(10-14)12-30(13-26)21-6-5-15(22(29-21)34-4)16-7-17-18(23(31)32)11-28-20(17)8-19(16)27/h5-8,11,14,28H,9-10,12-13H2,1-4H3,(H,31,32). The molecule has 0 unspecified atom stereocenters. The molecular formula is C26H28ClN3O5. The number of benzene rings is 1. The Morgan fingerprint density at radius 2 is 1.91 bits per heavy atom. The number of nitrogens with one attached hydrogen (secondary N) is 1. The Morgan fingerprint density at radius 1 is 1.20 bits per heavy atom. The summed E-state index contributed by atoms with van der Waals surface area (Å²) in [6.07, 6.45) is 3.14. The van der Waals surface area contributed by atoms with Gasteiger partial charge in [-0.2, -0.15) is 4.98 Å². The second-order valence-corrected chi connectivity index (χ2v) is 11.0. The van der Waals surface area contributed by atoms with E-state index in [0.29, 0.717) is 32.9 Å². The Kier molecular flexibility index (Phi) is 5.47. The second-order valence-electron chi connectivity index (χ2n) is 10.6. The molecule has 2 N–H and O–H groups in total. The zero-order valence-corrected chi connectivity index (χ0v) is 20.9. The predicted molar refractivity (Wildman–Crippen MR) is 133 cm³/mol. The van der Waals surface area contributed by atoms with Gasteiger partial charge in [-0.25, -0.2) is 4.79 Å². The summed E-state index contributed by atoms with van der Waals surface area (Å²) in [6.45, 7) is 7.34. The summed E-state index contributed by atoms with van der Waals surface area (Å²) >= 11 is 6.54. The van der Waals surface area contributed by atoms with Gasteiger partial charge in [0.2, 0.25) is 5.88 Å². The van der Waals surface area contributed by atoms with Crippen LogP contribution in [-0.2, 0) is 9.53 Å². The minimum atomic E-state index is -1.01. The maximum atomic E-state index is 12.3. The number of aromatic nitrogens is 2. The van der Waals surface area contributed by atoms with Crippen molar-refractivity contribution < 1.29 is 24.2 Å². The summed E-state index contributed by atoms with van der Waals surface area (Å²) < 4.78 is 11.1. The molecule has 0 atom stereocenters. The van der Waals surface area contributed by atoms with Gasteiger partial charge in [-0.1, -0.05) is 11.6 Å². The van der Waals surface area contributed by atoms with Gasteiger partial charge in [0.1, 0.15) is 11.4 Å². The smallest absolute Gasteiger partial charge is 0.337 e. The molecule has 9 heteroatoms. The van der Waals surface area contributed by atoms with Crippen molar-refractivity contribution in [1.82, 2.24) is 9.97 Å². The quantitative estimate of drug-likeness (QED) is 0.470. The van der Waals surface area contributed by atoms with Crippen molar-refractivity contribution in [3.05, 3.63) is 41.0 Å². The number of carbonyl (C=O) groups is 2. The van der Waals surface area contributed by atoms with Crippen molar-refractivity contribution in [2.24, 2.45) is 11.3 Å². The third-order valence-electron chi connectivity index (χ3n) is 6.80. The monoisotopic (exact) mass is 497 g/mol. The lowest BCUT2D eigenvalue weighted by atomic mass is 9.57. The third-order valence-corrected chi connectivity index (χ3v) is 7.12. The van der Waals surface area contributed by atoms with Crippen molar-refractivity contribution >= 4 is 40.3 Å². The van der Waals surface area contributed by atoms with Gasteiger partial charge in [-0.05, 0) is 57.9 Å². The Hall–Kier alpha value is -3.26. The number of carboxylic acids is 1. The van der Waals surface area contributed by atoms with Crippen molar-refractivity contribution in [3.63, 3.8) is 0 Å². The number of rotatable bonds is 5. The number of hydrogen-bond donors (Lipinski definition) is 2. The third kappa shape index (κ3) is 4.20. The number of carboxylic acid groups (broad SMARTS) is 1. The van der Waals surface area contributed by atoms with Crippen LogP contribution in [-0.4, -0.2) is 52.8 Å². The van der Waals surface area contributed by atoms with Crippen LogP contribution in [0, 0.1) is 11.3 Å². The zero-order chi connectivity index (χ0) is 25.1. The number of hydrogen-bond acceptors (Lipinski definition) is 6. The maximum absolute atomic E-state index is 12.3. The molecule has 0 bridgehead atoms. The van der Waals surface area contributed by atoms with E-state index in [1.165, 1.54) is 6.20 Å². The SMILES string of the molecule is COc1nc(N2CC3(CC(C(=O)OC(C)(C)C)C3)C2)ccc1-c1cc2c(C(=O)O)c[nH]c2cc1Cl. The number of pyridine rings is 1. The van der Waals surface area contributed by atoms with Gasteiger partial charge in [0, 0.05) is 46.7 Å². The van der Waals surface area contributed by atoms with E-state index in [-0.39, 0.29) is 22.9 Å². The Morgan fingerprint density at radius 3 is 2.54 bits per heavy atom. The van der Waals surface area contributed by atoms with Crippen LogP contribution in [0.3, 0.4) is 0 Å². The topological polar surface area (TPSA) is 105 Å². The first-order chi connectivity index (χ1) is 16.5. The molecule has 1 aliphatic carbocycles. The highest BCUT2D eigenvalue weighted by Crippen LogP contribution is 2.53. The minimum Gasteiger partial charge on any atom is -0.480 e. The number of aromatic carboxylic acids is 1. The van der Waals surface area contributed by atoms with Crippen LogP contribution in [0.25, 0.3) is 22.0 Å². The van der Waals surface area contributed by atoms with Gasteiger partial charge >= 0.3 is 11.9 Å². The van der Waals surface area contributed by atoms with Gasteiger partial charge in [-0.15, -0.1) is 0 Å². The van der Waals surface area contributed by atoms with Crippen molar-refractivity contribution in [2.45, 2.75) is 39.2 Å². The fourth-order valence-corrected chi connectivity index (χ4v) is 5.48. The molecule has 2 fully saturated rings. The zero-order valence-electron chi connectivity index (χ0n) is 20.1. The number of carbonyl (C=O) groups excluding carboxylic acids is 1.